The quantitative estimate of drug-likeness (QED) is 0.887. The van der Waals surface area contributed by atoms with Crippen molar-refractivity contribution in [1.29, 1.82) is 0 Å². The lowest BCUT2D eigenvalue weighted by atomic mass is 10.1. The molecule has 1 unspecified atom stereocenters. The molecule has 0 bridgehead atoms. The molecule has 19 heavy (non-hydrogen) atoms. The van der Waals surface area contributed by atoms with Gasteiger partial charge in [0.25, 0.3) is 0 Å². The van der Waals surface area contributed by atoms with Crippen LogP contribution in [0.4, 0.5) is 0 Å². The van der Waals surface area contributed by atoms with E-state index in [4.69, 9.17) is 4.74 Å². The highest BCUT2D eigenvalue weighted by Crippen LogP contribution is 2.27. The third kappa shape index (κ3) is 3.28. The van der Waals surface area contributed by atoms with E-state index in [1.165, 1.54) is 11.8 Å². The maximum absolute atomic E-state index is 11.6. The van der Waals surface area contributed by atoms with E-state index >= 15 is 0 Å². The Labute approximate surface area is 115 Å². The average Bonchev–Trinajstić information content (AvgIpc) is 2.69. The fourth-order valence-corrected chi connectivity index (χ4v) is 2.40. The van der Waals surface area contributed by atoms with Gasteiger partial charge in [0.05, 0.1) is 4.75 Å². The first-order valence-corrected chi connectivity index (χ1v) is 8.34. The van der Waals surface area contributed by atoms with Gasteiger partial charge < -0.3 is 10.1 Å². The van der Waals surface area contributed by atoms with Gasteiger partial charge >= 0.3 is 0 Å². The number of hydrogen-bond donors (Lipinski definition) is 1. The van der Waals surface area contributed by atoms with E-state index in [-0.39, 0.29) is 6.10 Å². The molecule has 1 atom stereocenters. The van der Waals surface area contributed by atoms with Crippen molar-refractivity contribution >= 4 is 9.84 Å². The summed E-state index contributed by atoms with van der Waals surface area (Å²) in [6, 6.07) is 8.00. The summed E-state index contributed by atoms with van der Waals surface area (Å²) in [5.74, 6) is 0.941. The molecule has 1 heterocycles. The number of fused-ring (bicyclic) bond motifs is 1. The SMILES string of the molecule is CC(C)(CNCC1Cc2ccccc2O1)S(C)(=O)=O. The molecular formula is C14H21NO3S. The predicted molar refractivity (Wildman–Crippen MR) is 76.4 cm³/mol. The first-order valence-electron chi connectivity index (χ1n) is 6.44. The minimum Gasteiger partial charge on any atom is -0.488 e. The van der Waals surface area contributed by atoms with Crippen molar-refractivity contribution in [1.82, 2.24) is 5.32 Å². The number of sulfone groups is 1. The first-order chi connectivity index (χ1) is 8.79. The van der Waals surface area contributed by atoms with Gasteiger partial charge in [-0.25, -0.2) is 8.42 Å². The topological polar surface area (TPSA) is 55.4 Å². The molecule has 0 saturated carbocycles. The molecule has 0 aliphatic carbocycles. The van der Waals surface area contributed by atoms with Gasteiger partial charge in [-0.1, -0.05) is 18.2 Å². The molecule has 2 rings (SSSR count). The molecule has 0 amide bonds. The number of ether oxygens (including phenoxy) is 1. The van der Waals surface area contributed by atoms with Crippen molar-refractivity contribution < 1.29 is 13.2 Å². The average molecular weight is 283 g/mol. The van der Waals surface area contributed by atoms with Crippen LogP contribution in [0.25, 0.3) is 0 Å². The van der Waals surface area contributed by atoms with Crippen molar-refractivity contribution in [2.24, 2.45) is 0 Å². The van der Waals surface area contributed by atoms with E-state index in [1.54, 1.807) is 13.8 Å². The highest BCUT2D eigenvalue weighted by atomic mass is 32.2. The Bertz CT molecular complexity index is 527. The van der Waals surface area contributed by atoms with Crippen molar-refractivity contribution in [3.8, 4) is 5.75 Å². The highest BCUT2D eigenvalue weighted by molar-refractivity contribution is 7.92. The molecule has 0 aromatic heterocycles. The van der Waals surface area contributed by atoms with Gasteiger partial charge in [-0.05, 0) is 25.5 Å². The van der Waals surface area contributed by atoms with Crippen LogP contribution in [0.1, 0.15) is 19.4 Å². The smallest absolute Gasteiger partial charge is 0.153 e. The third-order valence-corrected chi connectivity index (χ3v) is 5.79. The minimum absolute atomic E-state index is 0.0905. The zero-order chi connectivity index (χ0) is 14.1. The summed E-state index contributed by atoms with van der Waals surface area (Å²) < 4.78 is 28.2. The summed E-state index contributed by atoms with van der Waals surface area (Å²) in [6.07, 6.45) is 2.24. The van der Waals surface area contributed by atoms with E-state index in [0.717, 1.165) is 12.2 Å². The fourth-order valence-electron chi connectivity index (χ4n) is 2.03. The summed E-state index contributed by atoms with van der Waals surface area (Å²) in [7, 11) is -3.06. The van der Waals surface area contributed by atoms with Crippen LogP contribution in [-0.2, 0) is 16.3 Å². The summed E-state index contributed by atoms with van der Waals surface area (Å²) in [6.45, 7) is 4.56. The number of benzene rings is 1. The van der Waals surface area contributed by atoms with E-state index in [0.29, 0.717) is 13.1 Å². The molecule has 1 aromatic rings. The van der Waals surface area contributed by atoms with E-state index in [9.17, 15) is 8.42 Å². The minimum atomic E-state index is -3.06. The normalized spacial score (nSPS) is 19.0. The summed E-state index contributed by atoms with van der Waals surface area (Å²) in [5, 5.41) is 3.20. The predicted octanol–water partition coefficient (Wildman–Crippen LogP) is 1.40. The Morgan fingerprint density at radius 2 is 2.05 bits per heavy atom. The molecular weight excluding hydrogens is 262 g/mol. The van der Waals surface area contributed by atoms with E-state index in [2.05, 4.69) is 11.4 Å². The Morgan fingerprint density at radius 3 is 2.68 bits per heavy atom. The monoisotopic (exact) mass is 283 g/mol. The molecule has 0 spiro atoms. The van der Waals surface area contributed by atoms with E-state index in [1.807, 2.05) is 18.2 Å². The summed E-state index contributed by atoms with van der Waals surface area (Å²) >= 11 is 0. The third-order valence-electron chi connectivity index (χ3n) is 3.64. The van der Waals surface area contributed by atoms with Gasteiger partial charge in [-0.2, -0.15) is 0 Å². The van der Waals surface area contributed by atoms with Crippen LogP contribution in [0, 0.1) is 0 Å². The molecule has 5 heteroatoms. The summed E-state index contributed by atoms with van der Waals surface area (Å²) in [5.41, 5.74) is 1.22. The molecule has 106 valence electrons. The van der Waals surface area contributed by atoms with Gasteiger partial charge in [0, 0.05) is 25.8 Å². The van der Waals surface area contributed by atoms with Gasteiger partial charge in [0.15, 0.2) is 9.84 Å². The van der Waals surface area contributed by atoms with E-state index < -0.39 is 14.6 Å². The van der Waals surface area contributed by atoms with Crippen LogP contribution >= 0.6 is 0 Å². The molecule has 1 N–H and O–H groups in total. The number of hydrogen-bond acceptors (Lipinski definition) is 4. The van der Waals surface area contributed by atoms with Crippen LogP contribution in [0.5, 0.6) is 5.75 Å². The first kappa shape index (κ1) is 14.3. The number of rotatable bonds is 5. The second kappa shape index (κ2) is 5.13. The van der Waals surface area contributed by atoms with Crippen LogP contribution in [0.2, 0.25) is 0 Å². The van der Waals surface area contributed by atoms with Crippen LogP contribution in [0.15, 0.2) is 24.3 Å². The Kier molecular flexibility index (Phi) is 3.87. The van der Waals surface area contributed by atoms with Gasteiger partial charge in [-0.3, -0.25) is 0 Å². The molecule has 4 nitrogen and oxygen atoms in total. The van der Waals surface area contributed by atoms with Crippen LogP contribution in [-0.4, -0.2) is 38.6 Å². The lowest BCUT2D eigenvalue weighted by Gasteiger charge is -2.23. The van der Waals surface area contributed by atoms with Crippen molar-refractivity contribution in [2.75, 3.05) is 19.3 Å². The van der Waals surface area contributed by atoms with Crippen molar-refractivity contribution in [2.45, 2.75) is 31.1 Å². The second-order valence-electron chi connectivity index (χ2n) is 5.71. The van der Waals surface area contributed by atoms with Crippen molar-refractivity contribution in [3.63, 3.8) is 0 Å². The van der Waals surface area contributed by atoms with Crippen LogP contribution in [0.3, 0.4) is 0 Å². The molecule has 0 radical (unpaired) electrons. The summed E-state index contributed by atoms with van der Waals surface area (Å²) in [4.78, 5) is 0. The van der Waals surface area contributed by atoms with Gasteiger partial charge in [-0.15, -0.1) is 0 Å². The lowest BCUT2D eigenvalue weighted by molar-refractivity contribution is 0.226. The maximum atomic E-state index is 11.6. The Balaban J connectivity index is 1.83. The standard InChI is InChI=1S/C14H21NO3S/c1-14(2,19(3,16)17)10-15-9-12-8-11-6-4-5-7-13(11)18-12/h4-7,12,15H,8-10H2,1-3H3. The largest absolute Gasteiger partial charge is 0.488 e. The Hall–Kier alpha value is -1.07. The fraction of sp³-hybridized carbons (Fsp3) is 0.571. The van der Waals surface area contributed by atoms with Gasteiger partial charge in [0.2, 0.25) is 0 Å². The molecule has 1 aliphatic heterocycles. The second-order valence-corrected chi connectivity index (χ2v) is 8.36. The molecule has 1 aromatic carbocycles. The zero-order valence-corrected chi connectivity index (χ0v) is 12.5. The molecule has 1 aliphatic rings. The van der Waals surface area contributed by atoms with Gasteiger partial charge in [0.1, 0.15) is 11.9 Å². The number of para-hydroxylation sites is 1. The molecule has 0 fully saturated rings. The maximum Gasteiger partial charge on any atom is 0.153 e. The van der Waals surface area contributed by atoms with Crippen molar-refractivity contribution in [3.05, 3.63) is 29.8 Å². The number of nitrogens with one attached hydrogen (secondary N) is 1. The Morgan fingerprint density at radius 1 is 1.37 bits per heavy atom. The zero-order valence-electron chi connectivity index (χ0n) is 11.6. The highest BCUT2D eigenvalue weighted by Gasteiger charge is 2.30. The van der Waals surface area contributed by atoms with Crippen LogP contribution < -0.4 is 10.1 Å². The lowest BCUT2D eigenvalue weighted by Crippen LogP contribution is -2.44. The molecule has 0 saturated heterocycles.